The normalized spacial score (nSPS) is 27.0. The van der Waals surface area contributed by atoms with Gasteiger partial charge in [0.1, 0.15) is 0 Å². The second kappa shape index (κ2) is 4.90. The Balaban J connectivity index is 1.68. The van der Waals surface area contributed by atoms with Crippen LogP contribution in [0, 0.1) is 5.41 Å². The van der Waals surface area contributed by atoms with E-state index in [2.05, 4.69) is 10.2 Å². The van der Waals surface area contributed by atoms with Crippen molar-refractivity contribution in [3.8, 4) is 0 Å². The van der Waals surface area contributed by atoms with Crippen molar-refractivity contribution in [2.45, 2.75) is 25.8 Å². The first-order chi connectivity index (χ1) is 9.57. The molecule has 2 amide bonds. The fourth-order valence-corrected chi connectivity index (χ4v) is 3.22. The summed E-state index contributed by atoms with van der Waals surface area (Å²) >= 11 is 0. The highest BCUT2D eigenvalue weighted by atomic mass is 16.2. The minimum atomic E-state index is -0.367. The molecule has 2 aliphatic heterocycles. The molecule has 1 unspecified atom stereocenters. The molecule has 1 aromatic carbocycles. The third-order valence-electron chi connectivity index (χ3n) is 4.36. The standard InChI is InChI=1S/C15H19N3O2/c16-12-3-1-2-11(8-12)9-18-7-6-15(10-18)5-4-13(19)17-14(15)20/h1-3,8H,4-7,9-10,16H2,(H,17,19,20). The van der Waals surface area contributed by atoms with Crippen molar-refractivity contribution < 1.29 is 9.59 Å². The minimum Gasteiger partial charge on any atom is -0.399 e. The van der Waals surface area contributed by atoms with E-state index in [-0.39, 0.29) is 17.2 Å². The largest absolute Gasteiger partial charge is 0.399 e. The number of nitrogens with one attached hydrogen (secondary N) is 1. The van der Waals surface area contributed by atoms with Crippen LogP contribution in [0.5, 0.6) is 0 Å². The highest BCUT2D eigenvalue weighted by Gasteiger charge is 2.47. The number of hydrogen-bond acceptors (Lipinski definition) is 4. The third-order valence-corrected chi connectivity index (χ3v) is 4.36. The molecule has 1 aromatic rings. The Morgan fingerprint density at radius 1 is 1.30 bits per heavy atom. The quantitative estimate of drug-likeness (QED) is 0.620. The molecule has 2 fully saturated rings. The minimum absolute atomic E-state index is 0.0937. The maximum Gasteiger partial charge on any atom is 0.234 e. The lowest BCUT2D eigenvalue weighted by atomic mass is 9.79. The summed E-state index contributed by atoms with van der Waals surface area (Å²) in [7, 11) is 0. The molecule has 5 nitrogen and oxygen atoms in total. The SMILES string of the molecule is Nc1cccc(CN2CCC3(CCC(=O)NC3=O)C2)c1. The van der Waals surface area contributed by atoms with Gasteiger partial charge in [-0.1, -0.05) is 12.1 Å². The van der Waals surface area contributed by atoms with Crippen molar-refractivity contribution in [1.82, 2.24) is 10.2 Å². The van der Waals surface area contributed by atoms with Crippen LogP contribution in [0.1, 0.15) is 24.8 Å². The van der Waals surface area contributed by atoms with Crippen LogP contribution < -0.4 is 11.1 Å². The number of nitrogens with two attached hydrogens (primary N) is 1. The molecule has 5 heteroatoms. The summed E-state index contributed by atoms with van der Waals surface area (Å²) in [4.78, 5) is 25.6. The van der Waals surface area contributed by atoms with Gasteiger partial charge in [0.2, 0.25) is 11.8 Å². The van der Waals surface area contributed by atoms with E-state index < -0.39 is 0 Å². The highest BCUT2D eigenvalue weighted by Crippen LogP contribution is 2.38. The Morgan fingerprint density at radius 3 is 2.90 bits per heavy atom. The zero-order valence-electron chi connectivity index (χ0n) is 11.4. The van der Waals surface area contributed by atoms with Crippen molar-refractivity contribution in [3.63, 3.8) is 0 Å². The van der Waals surface area contributed by atoms with Crippen molar-refractivity contribution in [2.75, 3.05) is 18.8 Å². The Bertz CT molecular complexity index is 558. The number of nitrogens with zero attached hydrogens (tertiary/aromatic N) is 1. The van der Waals surface area contributed by atoms with E-state index in [0.29, 0.717) is 12.8 Å². The number of anilines is 1. The van der Waals surface area contributed by atoms with Gasteiger partial charge in [0.05, 0.1) is 5.41 Å². The summed E-state index contributed by atoms with van der Waals surface area (Å²) in [5, 5.41) is 2.48. The van der Waals surface area contributed by atoms with E-state index in [1.807, 2.05) is 24.3 Å². The fourth-order valence-electron chi connectivity index (χ4n) is 3.22. The summed E-state index contributed by atoms with van der Waals surface area (Å²) in [6.07, 6.45) is 1.96. The fraction of sp³-hybridized carbons (Fsp3) is 0.467. The second-order valence-electron chi connectivity index (χ2n) is 5.86. The number of benzene rings is 1. The Kier molecular flexibility index (Phi) is 3.22. The van der Waals surface area contributed by atoms with Crippen LogP contribution in [0.4, 0.5) is 5.69 Å². The molecule has 20 heavy (non-hydrogen) atoms. The summed E-state index contributed by atoms with van der Waals surface area (Å²) in [6.45, 7) is 2.41. The summed E-state index contributed by atoms with van der Waals surface area (Å²) in [6, 6.07) is 7.83. The number of hydrogen-bond donors (Lipinski definition) is 2. The van der Waals surface area contributed by atoms with Crippen LogP contribution >= 0.6 is 0 Å². The Hall–Kier alpha value is -1.88. The van der Waals surface area contributed by atoms with Gasteiger partial charge in [-0.2, -0.15) is 0 Å². The number of nitrogen functional groups attached to an aromatic ring is 1. The Morgan fingerprint density at radius 2 is 2.15 bits per heavy atom. The molecular formula is C15H19N3O2. The van der Waals surface area contributed by atoms with Gasteiger partial charge in [-0.25, -0.2) is 0 Å². The molecule has 3 N–H and O–H groups in total. The summed E-state index contributed by atoms with van der Waals surface area (Å²) in [5.41, 5.74) is 7.34. The average Bonchev–Trinajstić information content (AvgIpc) is 2.79. The van der Waals surface area contributed by atoms with Gasteiger partial charge >= 0.3 is 0 Å². The predicted octanol–water partition coefficient (Wildman–Crippen LogP) is 0.897. The highest BCUT2D eigenvalue weighted by molar-refractivity contribution is 6.00. The van der Waals surface area contributed by atoms with Crippen LogP contribution in [0.3, 0.4) is 0 Å². The molecule has 0 aliphatic carbocycles. The topological polar surface area (TPSA) is 75.4 Å². The number of likely N-dealkylation sites (tertiary alicyclic amines) is 1. The molecule has 2 aliphatic rings. The molecule has 106 valence electrons. The molecular weight excluding hydrogens is 254 g/mol. The van der Waals surface area contributed by atoms with Gasteiger partial charge in [-0.15, -0.1) is 0 Å². The van der Waals surface area contributed by atoms with E-state index in [1.54, 1.807) is 0 Å². The van der Waals surface area contributed by atoms with Crippen molar-refractivity contribution in [3.05, 3.63) is 29.8 Å². The van der Waals surface area contributed by atoms with Gasteiger partial charge in [-0.05, 0) is 37.1 Å². The van der Waals surface area contributed by atoms with E-state index in [9.17, 15) is 9.59 Å². The van der Waals surface area contributed by atoms with Crippen molar-refractivity contribution in [1.29, 1.82) is 0 Å². The van der Waals surface area contributed by atoms with Gasteiger partial charge in [0, 0.05) is 25.2 Å². The molecule has 2 heterocycles. The maximum absolute atomic E-state index is 12.1. The lowest BCUT2D eigenvalue weighted by molar-refractivity contribution is -0.141. The number of carbonyl (C=O) groups is 2. The molecule has 0 saturated carbocycles. The average molecular weight is 273 g/mol. The molecule has 1 spiro atoms. The van der Waals surface area contributed by atoms with Crippen LogP contribution in [-0.4, -0.2) is 29.8 Å². The smallest absolute Gasteiger partial charge is 0.234 e. The summed E-state index contributed by atoms with van der Waals surface area (Å²) < 4.78 is 0. The van der Waals surface area contributed by atoms with E-state index >= 15 is 0 Å². The van der Waals surface area contributed by atoms with Crippen LogP contribution in [0.2, 0.25) is 0 Å². The van der Waals surface area contributed by atoms with Crippen molar-refractivity contribution >= 4 is 17.5 Å². The first-order valence-electron chi connectivity index (χ1n) is 6.98. The Labute approximate surface area is 118 Å². The van der Waals surface area contributed by atoms with Crippen LogP contribution in [0.25, 0.3) is 0 Å². The zero-order valence-corrected chi connectivity index (χ0v) is 11.4. The lowest BCUT2D eigenvalue weighted by Crippen LogP contribution is -2.49. The molecule has 2 saturated heterocycles. The number of carbonyl (C=O) groups excluding carboxylic acids is 2. The number of imide groups is 1. The number of piperidine rings is 1. The van der Waals surface area contributed by atoms with E-state index in [0.717, 1.165) is 37.3 Å². The zero-order chi connectivity index (χ0) is 14.2. The predicted molar refractivity (Wildman–Crippen MR) is 75.6 cm³/mol. The molecule has 0 bridgehead atoms. The van der Waals surface area contributed by atoms with Crippen LogP contribution in [-0.2, 0) is 16.1 Å². The van der Waals surface area contributed by atoms with Gasteiger partial charge in [-0.3, -0.25) is 19.8 Å². The molecule has 0 aromatic heterocycles. The molecule has 3 rings (SSSR count). The van der Waals surface area contributed by atoms with E-state index in [4.69, 9.17) is 5.73 Å². The van der Waals surface area contributed by atoms with Gasteiger partial charge < -0.3 is 5.73 Å². The van der Waals surface area contributed by atoms with Gasteiger partial charge in [0.25, 0.3) is 0 Å². The second-order valence-corrected chi connectivity index (χ2v) is 5.86. The molecule has 1 atom stereocenters. The van der Waals surface area contributed by atoms with Crippen molar-refractivity contribution in [2.24, 2.45) is 5.41 Å². The van der Waals surface area contributed by atoms with Crippen LogP contribution in [0.15, 0.2) is 24.3 Å². The molecule has 0 radical (unpaired) electrons. The first-order valence-corrected chi connectivity index (χ1v) is 6.98. The van der Waals surface area contributed by atoms with Gasteiger partial charge in [0.15, 0.2) is 0 Å². The summed E-state index contributed by atoms with van der Waals surface area (Å²) in [5.74, 6) is -0.237. The van der Waals surface area contributed by atoms with E-state index in [1.165, 1.54) is 0 Å². The maximum atomic E-state index is 12.1. The monoisotopic (exact) mass is 273 g/mol. The third kappa shape index (κ3) is 2.41. The first kappa shape index (κ1) is 13.1. The number of rotatable bonds is 2. The lowest BCUT2D eigenvalue weighted by Gasteiger charge is -2.31. The number of amides is 2.